The van der Waals surface area contributed by atoms with Crippen molar-refractivity contribution in [1.82, 2.24) is 14.5 Å². The van der Waals surface area contributed by atoms with Crippen molar-refractivity contribution in [1.29, 1.82) is 0 Å². The Bertz CT molecular complexity index is 1200. The number of amides is 1. The number of nitrogens with one attached hydrogen (secondary N) is 1. The summed E-state index contributed by atoms with van der Waals surface area (Å²) in [6.45, 7) is 0. The number of benzene rings is 2. The molecule has 2 aromatic carbocycles. The van der Waals surface area contributed by atoms with Gasteiger partial charge in [-0.05, 0) is 18.2 Å². The van der Waals surface area contributed by atoms with Gasteiger partial charge in [-0.25, -0.2) is 9.97 Å². The minimum atomic E-state index is -0.189. The molecule has 31 heavy (non-hydrogen) atoms. The zero-order valence-electron chi connectivity index (χ0n) is 17.5. The van der Waals surface area contributed by atoms with Crippen LogP contribution in [0, 0.1) is 0 Å². The first-order chi connectivity index (χ1) is 15.1. The molecule has 1 amide bonds. The molecule has 0 fully saturated rings. The fourth-order valence-electron chi connectivity index (χ4n) is 3.26. The molecule has 4 aromatic rings. The molecule has 0 saturated carbocycles. The molecule has 4 rings (SSSR count). The van der Waals surface area contributed by atoms with Crippen molar-refractivity contribution < 1.29 is 14.3 Å². The molecule has 158 valence electrons. The lowest BCUT2D eigenvalue weighted by atomic mass is 10.1. The summed E-state index contributed by atoms with van der Waals surface area (Å²) >= 11 is 1.40. The Balaban J connectivity index is 1.63. The van der Waals surface area contributed by atoms with E-state index >= 15 is 0 Å². The molecule has 1 N–H and O–H groups in total. The van der Waals surface area contributed by atoms with Crippen LogP contribution in [0.5, 0.6) is 11.5 Å². The van der Waals surface area contributed by atoms with Crippen LogP contribution in [0.3, 0.4) is 0 Å². The number of imidazole rings is 1. The number of aromatic nitrogens is 3. The summed E-state index contributed by atoms with van der Waals surface area (Å²) in [4.78, 5) is 22.9. The van der Waals surface area contributed by atoms with E-state index in [0.717, 1.165) is 27.5 Å². The number of nitrogens with zero attached hydrogens (tertiary/aromatic N) is 3. The van der Waals surface area contributed by atoms with Crippen LogP contribution in [-0.4, -0.2) is 34.7 Å². The van der Waals surface area contributed by atoms with Gasteiger partial charge in [0.25, 0.3) is 0 Å². The minimum Gasteiger partial charge on any atom is -0.497 e. The topological polar surface area (TPSA) is 78.3 Å². The third-order valence-electron chi connectivity index (χ3n) is 4.78. The van der Waals surface area contributed by atoms with Crippen LogP contribution in [0.2, 0.25) is 0 Å². The normalized spacial score (nSPS) is 10.7. The lowest BCUT2D eigenvalue weighted by Crippen LogP contribution is -2.14. The Hall–Kier alpha value is -3.65. The second-order valence-corrected chi connectivity index (χ2v) is 7.83. The van der Waals surface area contributed by atoms with Crippen molar-refractivity contribution in [3.8, 4) is 33.5 Å². The van der Waals surface area contributed by atoms with Gasteiger partial charge in [0.2, 0.25) is 5.91 Å². The number of anilines is 1. The SMILES string of the molecule is COc1ccc(OC)c(CC(=O)Nc2nc(-c3ccccc3)c(-c3nccn3C)s2)c1. The minimum absolute atomic E-state index is 0.137. The Morgan fingerprint density at radius 1 is 1.13 bits per heavy atom. The van der Waals surface area contributed by atoms with Gasteiger partial charge in [-0.15, -0.1) is 0 Å². The van der Waals surface area contributed by atoms with Gasteiger partial charge < -0.3 is 19.4 Å². The quantitative estimate of drug-likeness (QED) is 0.466. The molecule has 0 atom stereocenters. The predicted molar refractivity (Wildman–Crippen MR) is 122 cm³/mol. The molecular weight excluding hydrogens is 412 g/mol. The molecule has 0 aliphatic carbocycles. The Morgan fingerprint density at radius 3 is 2.61 bits per heavy atom. The van der Waals surface area contributed by atoms with Gasteiger partial charge in [-0.2, -0.15) is 0 Å². The van der Waals surface area contributed by atoms with E-state index in [1.54, 1.807) is 38.6 Å². The smallest absolute Gasteiger partial charge is 0.230 e. The van der Waals surface area contributed by atoms with Gasteiger partial charge >= 0.3 is 0 Å². The molecule has 0 aliphatic rings. The van der Waals surface area contributed by atoms with E-state index in [1.807, 2.05) is 48.1 Å². The number of hydrogen-bond donors (Lipinski definition) is 1. The third-order valence-corrected chi connectivity index (χ3v) is 5.75. The summed E-state index contributed by atoms with van der Waals surface area (Å²) in [5.74, 6) is 1.91. The average molecular weight is 435 g/mol. The summed E-state index contributed by atoms with van der Waals surface area (Å²) in [5, 5.41) is 3.44. The summed E-state index contributed by atoms with van der Waals surface area (Å²) in [6, 6.07) is 15.3. The standard InChI is InChI=1S/C23H22N4O3S/c1-27-12-11-24-22(27)21-20(15-7-5-4-6-8-15)26-23(31-21)25-19(28)14-16-13-17(29-2)9-10-18(16)30-3/h4-13H,14H2,1-3H3,(H,25,26,28). The van der Waals surface area contributed by atoms with Crippen molar-refractivity contribution in [2.24, 2.45) is 7.05 Å². The number of rotatable bonds is 7. The van der Waals surface area contributed by atoms with Crippen LogP contribution >= 0.6 is 11.3 Å². The predicted octanol–water partition coefficient (Wildman–Crippen LogP) is 4.41. The summed E-state index contributed by atoms with van der Waals surface area (Å²) in [5.41, 5.74) is 2.49. The number of ether oxygens (including phenoxy) is 2. The highest BCUT2D eigenvalue weighted by atomic mass is 32.1. The number of thiazole rings is 1. The molecule has 0 bridgehead atoms. The van der Waals surface area contributed by atoms with E-state index in [4.69, 9.17) is 14.5 Å². The number of aryl methyl sites for hydroxylation is 1. The largest absolute Gasteiger partial charge is 0.497 e. The lowest BCUT2D eigenvalue weighted by Gasteiger charge is -2.10. The molecule has 0 radical (unpaired) electrons. The lowest BCUT2D eigenvalue weighted by molar-refractivity contribution is -0.115. The van der Waals surface area contributed by atoms with Gasteiger partial charge in [-0.1, -0.05) is 41.7 Å². The maximum Gasteiger partial charge on any atom is 0.230 e. The van der Waals surface area contributed by atoms with Crippen molar-refractivity contribution in [2.75, 3.05) is 19.5 Å². The summed E-state index contributed by atoms with van der Waals surface area (Å²) < 4.78 is 12.6. The first-order valence-electron chi connectivity index (χ1n) is 9.63. The van der Waals surface area contributed by atoms with Crippen LogP contribution in [0.15, 0.2) is 60.9 Å². The molecule has 0 unspecified atom stereocenters. The maximum absolute atomic E-state index is 12.8. The summed E-state index contributed by atoms with van der Waals surface area (Å²) in [7, 11) is 5.10. The highest BCUT2D eigenvalue weighted by Gasteiger charge is 2.19. The molecule has 2 heterocycles. The van der Waals surface area contributed by atoms with Gasteiger partial charge in [0, 0.05) is 30.6 Å². The number of carbonyl (C=O) groups is 1. The molecular formula is C23H22N4O3S. The first kappa shape index (κ1) is 20.6. The molecule has 0 aliphatic heterocycles. The van der Waals surface area contributed by atoms with E-state index in [0.29, 0.717) is 16.6 Å². The zero-order valence-corrected chi connectivity index (χ0v) is 18.3. The Morgan fingerprint density at radius 2 is 1.94 bits per heavy atom. The average Bonchev–Trinajstić information content (AvgIpc) is 3.39. The van der Waals surface area contributed by atoms with Gasteiger partial charge in [0.15, 0.2) is 11.0 Å². The van der Waals surface area contributed by atoms with Crippen molar-refractivity contribution in [3.63, 3.8) is 0 Å². The van der Waals surface area contributed by atoms with Gasteiger partial charge in [-0.3, -0.25) is 4.79 Å². The fourth-order valence-corrected chi connectivity index (χ4v) is 4.30. The van der Waals surface area contributed by atoms with Crippen LogP contribution in [0.25, 0.3) is 22.0 Å². The first-order valence-corrected chi connectivity index (χ1v) is 10.5. The van der Waals surface area contributed by atoms with Crippen LogP contribution < -0.4 is 14.8 Å². The summed E-state index contributed by atoms with van der Waals surface area (Å²) in [6.07, 6.45) is 3.77. The second-order valence-electron chi connectivity index (χ2n) is 6.83. The highest BCUT2D eigenvalue weighted by Crippen LogP contribution is 2.38. The zero-order chi connectivity index (χ0) is 21.8. The van der Waals surface area contributed by atoms with Crippen LogP contribution in [0.1, 0.15) is 5.56 Å². The van der Waals surface area contributed by atoms with E-state index in [1.165, 1.54) is 11.3 Å². The van der Waals surface area contributed by atoms with Gasteiger partial charge in [0.05, 0.1) is 31.2 Å². The Labute approximate surface area is 184 Å². The fraction of sp³-hybridized carbons (Fsp3) is 0.174. The molecule has 0 saturated heterocycles. The molecule has 7 nitrogen and oxygen atoms in total. The second kappa shape index (κ2) is 9.01. The third kappa shape index (κ3) is 4.44. The van der Waals surface area contributed by atoms with Crippen LogP contribution in [-0.2, 0) is 18.3 Å². The van der Waals surface area contributed by atoms with Crippen LogP contribution in [0.4, 0.5) is 5.13 Å². The number of hydrogen-bond acceptors (Lipinski definition) is 6. The molecule has 0 spiro atoms. The van der Waals surface area contributed by atoms with Gasteiger partial charge in [0.1, 0.15) is 11.5 Å². The number of carbonyl (C=O) groups excluding carboxylic acids is 1. The van der Waals surface area contributed by atoms with E-state index < -0.39 is 0 Å². The molecule has 8 heteroatoms. The number of methoxy groups -OCH3 is 2. The molecule has 2 aromatic heterocycles. The van der Waals surface area contributed by atoms with E-state index in [-0.39, 0.29) is 12.3 Å². The van der Waals surface area contributed by atoms with E-state index in [2.05, 4.69) is 10.3 Å². The maximum atomic E-state index is 12.8. The van der Waals surface area contributed by atoms with Crippen molar-refractivity contribution >= 4 is 22.4 Å². The van der Waals surface area contributed by atoms with E-state index in [9.17, 15) is 4.79 Å². The van der Waals surface area contributed by atoms with Crippen molar-refractivity contribution in [2.45, 2.75) is 6.42 Å². The van der Waals surface area contributed by atoms with Crippen molar-refractivity contribution in [3.05, 3.63) is 66.5 Å². The Kier molecular flexibility index (Phi) is 5.99. The monoisotopic (exact) mass is 434 g/mol. The highest BCUT2D eigenvalue weighted by molar-refractivity contribution is 7.19.